The van der Waals surface area contributed by atoms with Crippen LogP contribution in [0.5, 0.6) is 5.75 Å². The number of nitrogen functional groups attached to an aromatic ring is 1. The van der Waals surface area contributed by atoms with Crippen LogP contribution in [0.2, 0.25) is 0 Å². The number of nitrogens with one attached hydrogen (secondary N) is 2. The van der Waals surface area contributed by atoms with Crippen LogP contribution >= 0.6 is 0 Å². The van der Waals surface area contributed by atoms with Crippen molar-refractivity contribution in [3.63, 3.8) is 0 Å². The average molecular weight is 346 g/mol. The van der Waals surface area contributed by atoms with Gasteiger partial charge in [-0.3, -0.25) is 0 Å². The molecule has 1 aromatic carbocycles. The molecule has 3 rings (SSSR count). The number of nitrogens with two attached hydrogens (primary N) is 1. The van der Waals surface area contributed by atoms with Crippen LogP contribution in [0, 0.1) is 5.82 Å². The Bertz CT molecular complexity index is 746. The molecule has 1 aliphatic rings. The van der Waals surface area contributed by atoms with Crippen LogP contribution in [0.4, 0.5) is 27.5 Å². The molecule has 0 radical (unpaired) electrons. The summed E-state index contributed by atoms with van der Waals surface area (Å²) in [5.74, 6) is 0.627. The summed E-state index contributed by atoms with van der Waals surface area (Å²) in [6, 6.07) is 5.77. The number of piperazine rings is 1. The number of rotatable bonds is 4. The number of hydrogen-bond acceptors (Lipinski definition) is 7. The first-order valence-electron chi connectivity index (χ1n) is 8.20. The topological polar surface area (TPSA) is 88.3 Å². The molecule has 0 saturated carbocycles. The van der Waals surface area contributed by atoms with Gasteiger partial charge in [-0.25, -0.2) is 9.37 Å². The normalized spacial score (nSPS) is 20.4. The highest BCUT2D eigenvalue weighted by Gasteiger charge is 2.23. The summed E-state index contributed by atoms with van der Waals surface area (Å²) in [6.45, 7) is 5.74. The van der Waals surface area contributed by atoms with E-state index in [1.807, 2.05) is 0 Å². The standard InChI is InChI=1S/C17H23FN6O/c1-10-8-24(9-11(2)21-10)17-20-7-13(18)16(23-17)22-12-4-5-14(19)15(6-12)25-3/h4-7,10-11,21H,8-9,19H2,1-3H3,(H,20,22,23)/t10-,11+. The molecule has 25 heavy (non-hydrogen) atoms. The average Bonchev–Trinajstić information content (AvgIpc) is 2.57. The summed E-state index contributed by atoms with van der Waals surface area (Å²) in [7, 11) is 1.53. The minimum absolute atomic E-state index is 0.121. The SMILES string of the molecule is COc1cc(Nc2nc(N3C[C@@H](C)N[C@@H](C)C3)ncc2F)ccc1N. The van der Waals surface area contributed by atoms with Gasteiger partial charge in [0.2, 0.25) is 5.95 Å². The van der Waals surface area contributed by atoms with Gasteiger partial charge in [-0.1, -0.05) is 0 Å². The number of nitrogens with zero attached hydrogens (tertiary/aromatic N) is 3. The van der Waals surface area contributed by atoms with E-state index in [-0.39, 0.29) is 5.82 Å². The van der Waals surface area contributed by atoms with Crippen LogP contribution in [-0.2, 0) is 0 Å². The molecule has 2 atom stereocenters. The van der Waals surface area contributed by atoms with Crippen LogP contribution in [-0.4, -0.2) is 42.3 Å². The van der Waals surface area contributed by atoms with Crippen LogP contribution in [0.3, 0.4) is 0 Å². The van der Waals surface area contributed by atoms with E-state index in [2.05, 4.69) is 39.3 Å². The molecule has 1 aliphatic heterocycles. The minimum atomic E-state index is -0.518. The van der Waals surface area contributed by atoms with Crippen molar-refractivity contribution in [3.8, 4) is 5.75 Å². The molecule has 1 aromatic heterocycles. The fraction of sp³-hybridized carbons (Fsp3) is 0.412. The zero-order chi connectivity index (χ0) is 18.0. The van der Waals surface area contributed by atoms with E-state index in [4.69, 9.17) is 10.5 Å². The number of ether oxygens (including phenoxy) is 1. The molecule has 7 nitrogen and oxygen atoms in total. The molecular formula is C17H23FN6O. The Kier molecular flexibility index (Phi) is 4.89. The Morgan fingerprint density at radius 1 is 1.32 bits per heavy atom. The monoisotopic (exact) mass is 346 g/mol. The number of aromatic nitrogens is 2. The summed E-state index contributed by atoms with van der Waals surface area (Å²) in [6.07, 6.45) is 1.19. The third-order valence-corrected chi connectivity index (χ3v) is 4.07. The highest BCUT2D eigenvalue weighted by molar-refractivity contribution is 5.65. The van der Waals surface area contributed by atoms with Gasteiger partial charge in [-0.15, -0.1) is 0 Å². The predicted octanol–water partition coefficient (Wildman–Crippen LogP) is 2.14. The highest BCUT2D eigenvalue weighted by Crippen LogP contribution is 2.28. The highest BCUT2D eigenvalue weighted by atomic mass is 19.1. The Morgan fingerprint density at radius 2 is 2.04 bits per heavy atom. The Balaban J connectivity index is 1.84. The van der Waals surface area contributed by atoms with Crippen molar-refractivity contribution in [1.29, 1.82) is 0 Å². The quantitative estimate of drug-likeness (QED) is 0.731. The Labute approximate surface area is 146 Å². The molecule has 134 valence electrons. The summed E-state index contributed by atoms with van der Waals surface area (Å²) in [4.78, 5) is 10.6. The summed E-state index contributed by atoms with van der Waals surface area (Å²) < 4.78 is 19.4. The third-order valence-electron chi connectivity index (χ3n) is 4.07. The lowest BCUT2D eigenvalue weighted by Gasteiger charge is -2.36. The van der Waals surface area contributed by atoms with Crippen LogP contribution in [0.1, 0.15) is 13.8 Å². The fourth-order valence-corrected chi connectivity index (χ4v) is 3.01. The van der Waals surface area contributed by atoms with Crippen molar-refractivity contribution in [2.75, 3.05) is 36.1 Å². The second-order valence-corrected chi connectivity index (χ2v) is 6.32. The van der Waals surface area contributed by atoms with Crippen molar-refractivity contribution < 1.29 is 9.13 Å². The van der Waals surface area contributed by atoms with Gasteiger partial charge in [0.05, 0.1) is 19.0 Å². The first-order chi connectivity index (χ1) is 12.0. The van der Waals surface area contributed by atoms with Gasteiger partial charge in [0.1, 0.15) is 5.75 Å². The van der Waals surface area contributed by atoms with Crippen LogP contribution in [0.25, 0.3) is 0 Å². The first kappa shape index (κ1) is 17.2. The van der Waals surface area contributed by atoms with Gasteiger partial charge >= 0.3 is 0 Å². The molecule has 2 heterocycles. The molecule has 0 bridgehead atoms. The maximum atomic E-state index is 14.2. The molecule has 4 N–H and O–H groups in total. The van der Waals surface area contributed by atoms with Crippen molar-refractivity contribution in [2.24, 2.45) is 0 Å². The number of anilines is 4. The number of hydrogen-bond donors (Lipinski definition) is 3. The lowest BCUT2D eigenvalue weighted by atomic mass is 10.1. The molecule has 2 aromatic rings. The minimum Gasteiger partial charge on any atom is -0.495 e. The van der Waals surface area contributed by atoms with E-state index in [1.54, 1.807) is 18.2 Å². The summed E-state index contributed by atoms with van der Waals surface area (Å²) in [5, 5.41) is 6.42. The molecule has 0 unspecified atom stereocenters. The van der Waals surface area contributed by atoms with Crippen LogP contribution < -0.4 is 26.0 Å². The molecule has 1 saturated heterocycles. The molecule has 0 spiro atoms. The third kappa shape index (κ3) is 3.90. The maximum Gasteiger partial charge on any atom is 0.227 e. The molecule has 1 fully saturated rings. The predicted molar refractivity (Wildman–Crippen MR) is 97.0 cm³/mol. The van der Waals surface area contributed by atoms with E-state index in [0.29, 0.717) is 35.2 Å². The van der Waals surface area contributed by atoms with Gasteiger partial charge in [0.15, 0.2) is 11.6 Å². The maximum absolute atomic E-state index is 14.2. The number of methoxy groups -OCH3 is 1. The van der Waals surface area contributed by atoms with Gasteiger partial charge < -0.3 is 26.0 Å². The fourth-order valence-electron chi connectivity index (χ4n) is 3.01. The molecule has 8 heteroatoms. The lowest BCUT2D eigenvalue weighted by molar-refractivity contribution is 0.403. The zero-order valence-corrected chi connectivity index (χ0v) is 14.6. The zero-order valence-electron chi connectivity index (χ0n) is 14.6. The smallest absolute Gasteiger partial charge is 0.227 e. The number of benzene rings is 1. The molecular weight excluding hydrogens is 323 g/mol. The van der Waals surface area contributed by atoms with Gasteiger partial charge in [0.25, 0.3) is 0 Å². The first-order valence-corrected chi connectivity index (χ1v) is 8.20. The Hall–Kier alpha value is -2.61. The number of halogens is 1. The van der Waals surface area contributed by atoms with E-state index >= 15 is 0 Å². The molecule has 0 amide bonds. The van der Waals surface area contributed by atoms with Gasteiger partial charge in [0, 0.05) is 36.9 Å². The summed E-state index contributed by atoms with van der Waals surface area (Å²) in [5.41, 5.74) is 6.96. The van der Waals surface area contributed by atoms with Crippen LogP contribution in [0.15, 0.2) is 24.4 Å². The van der Waals surface area contributed by atoms with E-state index < -0.39 is 5.82 Å². The van der Waals surface area contributed by atoms with Crippen molar-refractivity contribution >= 4 is 23.1 Å². The largest absolute Gasteiger partial charge is 0.495 e. The lowest BCUT2D eigenvalue weighted by Crippen LogP contribution is -2.54. The Morgan fingerprint density at radius 3 is 2.72 bits per heavy atom. The second-order valence-electron chi connectivity index (χ2n) is 6.32. The van der Waals surface area contributed by atoms with E-state index in [0.717, 1.165) is 13.1 Å². The van der Waals surface area contributed by atoms with E-state index in [1.165, 1.54) is 13.3 Å². The summed E-state index contributed by atoms with van der Waals surface area (Å²) >= 11 is 0. The van der Waals surface area contributed by atoms with Gasteiger partial charge in [-0.2, -0.15) is 4.98 Å². The van der Waals surface area contributed by atoms with Crippen molar-refractivity contribution in [1.82, 2.24) is 15.3 Å². The molecule has 0 aliphatic carbocycles. The van der Waals surface area contributed by atoms with E-state index in [9.17, 15) is 4.39 Å². The van der Waals surface area contributed by atoms with Gasteiger partial charge in [-0.05, 0) is 26.0 Å². The van der Waals surface area contributed by atoms with Crippen molar-refractivity contribution in [2.45, 2.75) is 25.9 Å². The second kappa shape index (κ2) is 7.10. The van der Waals surface area contributed by atoms with Crippen molar-refractivity contribution in [3.05, 3.63) is 30.2 Å².